The number of nitrogens with one attached hydrogen (secondary N) is 7. The van der Waals surface area contributed by atoms with Crippen molar-refractivity contribution in [3.8, 4) is 5.75 Å². The van der Waals surface area contributed by atoms with Gasteiger partial charge >= 0.3 is 0 Å². The molecular weight excluding hydrogens is 724 g/mol. The molecule has 2 rings (SSSR count). The van der Waals surface area contributed by atoms with Crippen LogP contribution in [0.2, 0.25) is 0 Å². The first kappa shape index (κ1) is 46.4. The van der Waals surface area contributed by atoms with Crippen molar-refractivity contribution in [1.82, 2.24) is 46.8 Å². The molecule has 0 bridgehead atoms. The maximum Gasteiger partial charge on any atom is 0.245 e. The number of aliphatic imine (C=N–C) groups is 1. The predicted octanol–water partition coefficient (Wildman–Crippen LogP) is -1.61. The second-order valence-corrected chi connectivity index (χ2v) is 14.2. The topological polar surface area (TPSA) is 291 Å². The standard InChI is InChI=1S/C37H60N12O7/c1-8-22(4)31(35(55)46-28(36(56)49(6)7)17-24-18-41-20-43-24)48-33(53)27(16-23-11-13-25(50)14-12-23)45-34(54)30(21(2)3)47-32(52)26(44-29(51)19-40-5)10-9-15-42-37(38)39/h11-14,18,20-22,26-28,30-31,40,50H,8-10,15-17,19H2,1-7H3,(H,41,43)(H,44,51)(H,45,54)(H,46,55)(H,47,52)(H,48,53)(H4,38,39,42)/t22-,26+,27+,28+,30+,31+/m1/s1. The SMILES string of the molecule is CC[C@@H](C)[C@H](NC(=O)[C@H](Cc1ccc(O)cc1)NC(=O)[C@@H](NC(=O)[C@H](CCCN=C(N)N)NC(=O)CNC)C(C)C)C(=O)N[C@@H](Cc1cnc[nH]1)C(=O)N(C)C. The number of likely N-dealkylation sites (N-methyl/N-ethyl adjacent to an activating group) is 2. The Labute approximate surface area is 328 Å². The lowest BCUT2D eigenvalue weighted by molar-refractivity contribution is -0.137. The number of rotatable bonds is 23. The zero-order valence-corrected chi connectivity index (χ0v) is 33.3. The van der Waals surface area contributed by atoms with Gasteiger partial charge in [0.25, 0.3) is 0 Å². The highest BCUT2D eigenvalue weighted by Crippen LogP contribution is 2.15. The number of imidazole rings is 1. The number of nitrogens with zero attached hydrogens (tertiary/aromatic N) is 3. The van der Waals surface area contributed by atoms with E-state index in [1.165, 1.54) is 23.4 Å². The second kappa shape index (κ2) is 23.3. The van der Waals surface area contributed by atoms with Crippen LogP contribution in [0.25, 0.3) is 0 Å². The van der Waals surface area contributed by atoms with Crippen molar-refractivity contribution in [2.45, 2.75) is 90.0 Å². The molecule has 2 aromatic rings. The van der Waals surface area contributed by atoms with Gasteiger partial charge in [-0.2, -0.15) is 0 Å². The number of carbonyl (C=O) groups is 6. The molecule has 0 unspecified atom stereocenters. The molecule has 0 radical (unpaired) electrons. The molecule has 0 saturated heterocycles. The molecule has 0 fully saturated rings. The van der Waals surface area contributed by atoms with Crippen LogP contribution in [0.1, 0.15) is 58.2 Å². The Bertz CT molecular complexity index is 1610. The summed E-state index contributed by atoms with van der Waals surface area (Å²) in [6.45, 7) is 7.22. The van der Waals surface area contributed by atoms with E-state index in [9.17, 15) is 33.9 Å². The van der Waals surface area contributed by atoms with Crippen molar-refractivity contribution in [2.24, 2.45) is 28.3 Å². The number of aromatic hydroxyl groups is 1. The minimum Gasteiger partial charge on any atom is -0.508 e. The number of phenols is 1. The number of aromatic nitrogens is 2. The maximum absolute atomic E-state index is 14.2. The van der Waals surface area contributed by atoms with E-state index in [4.69, 9.17) is 11.5 Å². The highest BCUT2D eigenvalue weighted by Gasteiger charge is 2.35. The van der Waals surface area contributed by atoms with Crippen LogP contribution in [0.5, 0.6) is 5.75 Å². The van der Waals surface area contributed by atoms with E-state index in [1.807, 2.05) is 6.92 Å². The van der Waals surface area contributed by atoms with E-state index in [-0.39, 0.29) is 50.0 Å². The van der Waals surface area contributed by atoms with Crippen LogP contribution >= 0.6 is 0 Å². The lowest BCUT2D eigenvalue weighted by Gasteiger charge is -2.30. The average Bonchev–Trinajstić information content (AvgIpc) is 3.66. The van der Waals surface area contributed by atoms with E-state index in [0.29, 0.717) is 24.1 Å². The molecule has 0 saturated carbocycles. The molecule has 1 aromatic heterocycles. The summed E-state index contributed by atoms with van der Waals surface area (Å²) in [4.78, 5) is 93.4. The molecule has 6 amide bonds. The van der Waals surface area contributed by atoms with Gasteiger partial charge in [0, 0.05) is 45.4 Å². The Morgan fingerprint density at radius 1 is 0.839 bits per heavy atom. The predicted molar refractivity (Wildman–Crippen MR) is 211 cm³/mol. The van der Waals surface area contributed by atoms with Gasteiger partial charge in [0.05, 0.1) is 12.9 Å². The van der Waals surface area contributed by atoms with Crippen molar-refractivity contribution < 1.29 is 33.9 Å². The first-order valence-electron chi connectivity index (χ1n) is 18.6. The number of hydrogen-bond acceptors (Lipinski definition) is 10. The Kier molecular flexibility index (Phi) is 19.3. The minimum absolute atomic E-state index is 0.00138. The molecule has 1 aromatic carbocycles. The Balaban J connectivity index is 2.38. The summed E-state index contributed by atoms with van der Waals surface area (Å²) in [5.41, 5.74) is 12.0. The number of phenolic OH excluding ortho intramolecular Hbond substituents is 1. The number of H-pyrrole nitrogens is 1. The summed E-state index contributed by atoms with van der Waals surface area (Å²) in [6, 6.07) is 0.571. The van der Waals surface area contributed by atoms with Crippen LogP contribution in [0.15, 0.2) is 41.8 Å². The van der Waals surface area contributed by atoms with Crippen molar-refractivity contribution in [3.63, 3.8) is 0 Å². The quantitative estimate of drug-likeness (QED) is 0.0347. The van der Waals surface area contributed by atoms with E-state index in [1.54, 1.807) is 60.2 Å². The first-order valence-corrected chi connectivity index (χ1v) is 18.6. The first-order chi connectivity index (χ1) is 26.5. The van der Waals surface area contributed by atoms with E-state index < -0.39 is 71.6 Å². The van der Waals surface area contributed by atoms with Gasteiger partial charge in [0.1, 0.15) is 36.0 Å². The largest absolute Gasteiger partial charge is 0.508 e. The average molecular weight is 785 g/mol. The van der Waals surface area contributed by atoms with Gasteiger partial charge in [-0.05, 0) is 49.4 Å². The van der Waals surface area contributed by atoms with Gasteiger partial charge in [-0.1, -0.05) is 46.2 Å². The number of amides is 6. The maximum atomic E-state index is 14.2. The van der Waals surface area contributed by atoms with Gasteiger partial charge in [0.2, 0.25) is 35.4 Å². The van der Waals surface area contributed by atoms with E-state index in [2.05, 4.69) is 46.9 Å². The summed E-state index contributed by atoms with van der Waals surface area (Å²) in [5, 5.41) is 26.3. The Hall–Kier alpha value is -5.72. The Morgan fingerprint density at radius 2 is 1.45 bits per heavy atom. The summed E-state index contributed by atoms with van der Waals surface area (Å²) in [5.74, 6) is -4.38. The zero-order chi connectivity index (χ0) is 41.9. The molecule has 0 aliphatic heterocycles. The van der Waals surface area contributed by atoms with Crippen LogP contribution in [-0.4, -0.2) is 126 Å². The van der Waals surface area contributed by atoms with Crippen molar-refractivity contribution in [3.05, 3.63) is 48.0 Å². The van der Waals surface area contributed by atoms with Gasteiger partial charge in [-0.15, -0.1) is 0 Å². The summed E-state index contributed by atoms with van der Waals surface area (Å²) in [6.07, 6.45) is 4.10. The van der Waals surface area contributed by atoms with Crippen LogP contribution in [0.3, 0.4) is 0 Å². The summed E-state index contributed by atoms with van der Waals surface area (Å²) < 4.78 is 0. The van der Waals surface area contributed by atoms with Crippen molar-refractivity contribution >= 4 is 41.4 Å². The monoisotopic (exact) mass is 784 g/mol. The smallest absolute Gasteiger partial charge is 0.245 e. The second-order valence-electron chi connectivity index (χ2n) is 14.2. The lowest BCUT2D eigenvalue weighted by atomic mass is 9.96. The lowest BCUT2D eigenvalue weighted by Crippen LogP contribution is -2.61. The molecule has 0 aliphatic carbocycles. The third-order valence-electron chi connectivity index (χ3n) is 9.02. The molecule has 1 heterocycles. The highest BCUT2D eigenvalue weighted by molar-refractivity contribution is 5.96. The fraction of sp³-hybridized carbons (Fsp3) is 0.568. The van der Waals surface area contributed by atoms with Crippen LogP contribution < -0.4 is 43.4 Å². The van der Waals surface area contributed by atoms with Crippen LogP contribution in [0, 0.1) is 11.8 Å². The number of aromatic amines is 1. The number of guanidine groups is 1. The minimum atomic E-state index is -1.25. The van der Waals surface area contributed by atoms with Gasteiger partial charge in [-0.3, -0.25) is 33.8 Å². The molecule has 19 heteroatoms. The summed E-state index contributed by atoms with van der Waals surface area (Å²) >= 11 is 0. The molecular formula is C37H60N12O7. The molecule has 19 nitrogen and oxygen atoms in total. The van der Waals surface area contributed by atoms with Gasteiger partial charge < -0.3 is 58.4 Å². The third kappa shape index (κ3) is 15.6. The number of benzene rings is 1. The van der Waals surface area contributed by atoms with Crippen LogP contribution in [0.4, 0.5) is 0 Å². The molecule has 0 aliphatic rings. The van der Waals surface area contributed by atoms with Gasteiger partial charge in [-0.25, -0.2) is 4.98 Å². The molecule has 6 atom stereocenters. The zero-order valence-electron chi connectivity index (χ0n) is 33.3. The number of hydrogen-bond donors (Lipinski definition) is 10. The van der Waals surface area contributed by atoms with Gasteiger partial charge in [0.15, 0.2) is 5.96 Å². The van der Waals surface area contributed by atoms with E-state index >= 15 is 0 Å². The summed E-state index contributed by atoms with van der Waals surface area (Å²) in [7, 11) is 4.72. The Morgan fingerprint density at radius 3 is 2.00 bits per heavy atom. The van der Waals surface area contributed by atoms with E-state index in [0.717, 1.165) is 0 Å². The fourth-order valence-corrected chi connectivity index (χ4v) is 5.65. The highest BCUT2D eigenvalue weighted by atomic mass is 16.3. The number of carbonyl (C=O) groups excluding carboxylic acids is 6. The van der Waals surface area contributed by atoms with Crippen LogP contribution in [-0.2, 0) is 41.6 Å². The molecule has 12 N–H and O–H groups in total. The van der Waals surface area contributed by atoms with Crippen molar-refractivity contribution in [1.29, 1.82) is 0 Å². The number of nitrogens with two attached hydrogens (primary N) is 2. The fourth-order valence-electron chi connectivity index (χ4n) is 5.65. The molecule has 0 spiro atoms. The normalized spacial score (nSPS) is 14.2. The molecule has 56 heavy (non-hydrogen) atoms. The van der Waals surface area contributed by atoms with Crippen molar-refractivity contribution in [2.75, 3.05) is 34.2 Å². The third-order valence-corrected chi connectivity index (χ3v) is 9.02. The molecule has 310 valence electrons.